The van der Waals surface area contributed by atoms with Crippen LogP contribution in [0.25, 0.3) is 0 Å². The fraction of sp³-hybridized carbons (Fsp3) is 0.556. The molecule has 1 saturated heterocycles. The average molecular weight is 230 g/mol. The molecule has 1 aromatic rings. The summed E-state index contributed by atoms with van der Waals surface area (Å²) in [6, 6.07) is 2.29. The highest BCUT2D eigenvalue weighted by Gasteiger charge is 2.13. The summed E-state index contributed by atoms with van der Waals surface area (Å²) in [6.07, 6.45) is 3.98. The lowest BCUT2D eigenvalue weighted by atomic mass is 10.2. The minimum absolute atomic E-state index is 0.492. The zero-order chi connectivity index (χ0) is 9.80. The first-order valence-electron chi connectivity index (χ1n) is 4.66. The standard InChI is InChI=1S/C9H12ClN3S/c10-8-4-9(12-6-11-8)13-7-2-1-3-14-5-7/h4,6-7H,1-3,5H2,(H,11,12,13). The first-order chi connectivity index (χ1) is 6.84. The van der Waals surface area contributed by atoms with Crippen molar-refractivity contribution in [1.29, 1.82) is 0 Å². The Kier molecular flexibility index (Phi) is 3.48. The number of nitrogens with one attached hydrogen (secondary N) is 1. The SMILES string of the molecule is Clc1cc(NC2CCCSC2)ncn1. The van der Waals surface area contributed by atoms with Gasteiger partial charge in [0.1, 0.15) is 17.3 Å². The van der Waals surface area contributed by atoms with Gasteiger partial charge in [0.25, 0.3) is 0 Å². The first-order valence-corrected chi connectivity index (χ1v) is 6.20. The van der Waals surface area contributed by atoms with Crippen LogP contribution in [-0.2, 0) is 0 Å². The van der Waals surface area contributed by atoms with Crippen LogP contribution in [0.2, 0.25) is 5.15 Å². The second-order valence-electron chi connectivity index (χ2n) is 3.28. The number of rotatable bonds is 2. The average Bonchev–Trinajstić information content (AvgIpc) is 2.19. The highest BCUT2D eigenvalue weighted by atomic mass is 35.5. The van der Waals surface area contributed by atoms with Crippen molar-refractivity contribution < 1.29 is 0 Å². The van der Waals surface area contributed by atoms with E-state index in [1.54, 1.807) is 6.07 Å². The van der Waals surface area contributed by atoms with E-state index in [1.807, 2.05) is 11.8 Å². The summed E-state index contributed by atoms with van der Waals surface area (Å²) < 4.78 is 0. The monoisotopic (exact) mass is 229 g/mol. The van der Waals surface area contributed by atoms with E-state index in [0.29, 0.717) is 11.2 Å². The van der Waals surface area contributed by atoms with Crippen molar-refractivity contribution in [3.05, 3.63) is 17.5 Å². The molecule has 1 aromatic heterocycles. The summed E-state index contributed by atoms with van der Waals surface area (Å²) in [5.74, 6) is 3.27. The minimum atomic E-state index is 0.492. The van der Waals surface area contributed by atoms with Gasteiger partial charge in [-0.1, -0.05) is 11.6 Å². The molecule has 1 fully saturated rings. The van der Waals surface area contributed by atoms with Crippen LogP contribution in [0.1, 0.15) is 12.8 Å². The number of hydrogen-bond acceptors (Lipinski definition) is 4. The highest BCUT2D eigenvalue weighted by Crippen LogP contribution is 2.20. The van der Waals surface area contributed by atoms with Crippen LogP contribution in [0.3, 0.4) is 0 Å². The normalized spacial score (nSPS) is 21.9. The molecule has 3 nitrogen and oxygen atoms in total. The Balaban J connectivity index is 1.95. The molecule has 0 bridgehead atoms. The Morgan fingerprint density at radius 3 is 3.14 bits per heavy atom. The third kappa shape index (κ3) is 2.75. The highest BCUT2D eigenvalue weighted by molar-refractivity contribution is 7.99. The zero-order valence-electron chi connectivity index (χ0n) is 7.74. The lowest BCUT2D eigenvalue weighted by Crippen LogP contribution is -2.26. The summed E-state index contributed by atoms with van der Waals surface area (Å²) >= 11 is 7.75. The molecule has 1 N–H and O–H groups in total. The zero-order valence-corrected chi connectivity index (χ0v) is 9.31. The van der Waals surface area contributed by atoms with Gasteiger partial charge < -0.3 is 5.32 Å². The first kappa shape index (κ1) is 10.1. The Bertz CT molecular complexity index is 302. The van der Waals surface area contributed by atoms with E-state index < -0.39 is 0 Å². The molecule has 2 heterocycles. The number of thioether (sulfide) groups is 1. The van der Waals surface area contributed by atoms with Gasteiger partial charge in [-0.2, -0.15) is 11.8 Å². The van der Waals surface area contributed by atoms with Crippen molar-refractivity contribution in [2.75, 3.05) is 16.8 Å². The maximum atomic E-state index is 5.77. The molecule has 0 aliphatic carbocycles. The van der Waals surface area contributed by atoms with Crippen LogP contribution in [0.15, 0.2) is 12.4 Å². The molecule has 0 saturated carbocycles. The third-order valence-corrected chi connectivity index (χ3v) is 3.57. The second kappa shape index (κ2) is 4.84. The van der Waals surface area contributed by atoms with Crippen LogP contribution in [-0.4, -0.2) is 27.5 Å². The van der Waals surface area contributed by atoms with Gasteiger partial charge in [0.15, 0.2) is 0 Å². The van der Waals surface area contributed by atoms with E-state index in [9.17, 15) is 0 Å². The molecule has 76 valence electrons. The molecule has 2 rings (SSSR count). The van der Waals surface area contributed by atoms with Gasteiger partial charge in [-0.3, -0.25) is 0 Å². The second-order valence-corrected chi connectivity index (χ2v) is 4.82. The van der Waals surface area contributed by atoms with E-state index >= 15 is 0 Å². The molecule has 5 heteroatoms. The van der Waals surface area contributed by atoms with E-state index in [-0.39, 0.29) is 0 Å². The quantitative estimate of drug-likeness (QED) is 0.791. The topological polar surface area (TPSA) is 37.8 Å². The number of aromatic nitrogens is 2. The van der Waals surface area contributed by atoms with Gasteiger partial charge in [0.05, 0.1) is 0 Å². The van der Waals surface area contributed by atoms with Crippen molar-refractivity contribution in [1.82, 2.24) is 9.97 Å². The molecule has 1 aliphatic heterocycles. The van der Waals surface area contributed by atoms with Gasteiger partial charge >= 0.3 is 0 Å². The Morgan fingerprint density at radius 2 is 2.43 bits per heavy atom. The van der Waals surface area contributed by atoms with Gasteiger partial charge in [0.2, 0.25) is 0 Å². The smallest absolute Gasteiger partial charge is 0.134 e. The fourth-order valence-electron chi connectivity index (χ4n) is 1.48. The molecule has 0 radical (unpaired) electrons. The molecular formula is C9H12ClN3S. The summed E-state index contributed by atoms with van der Waals surface area (Å²) in [5, 5.41) is 3.86. The Morgan fingerprint density at radius 1 is 1.50 bits per heavy atom. The molecule has 1 unspecified atom stereocenters. The molecule has 1 atom stereocenters. The van der Waals surface area contributed by atoms with Crippen LogP contribution >= 0.6 is 23.4 Å². The minimum Gasteiger partial charge on any atom is -0.366 e. The lowest BCUT2D eigenvalue weighted by Gasteiger charge is -2.22. The third-order valence-electron chi connectivity index (χ3n) is 2.15. The summed E-state index contributed by atoms with van der Waals surface area (Å²) in [6.45, 7) is 0. The van der Waals surface area contributed by atoms with Crippen molar-refractivity contribution in [3.8, 4) is 0 Å². The summed E-state index contributed by atoms with van der Waals surface area (Å²) in [4.78, 5) is 7.96. The lowest BCUT2D eigenvalue weighted by molar-refractivity contribution is 0.682. The summed E-state index contributed by atoms with van der Waals surface area (Å²) in [5.41, 5.74) is 0. The maximum Gasteiger partial charge on any atom is 0.134 e. The fourth-order valence-corrected chi connectivity index (χ4v) is 2.70. The predicted octanol–water partition coefficient (Wildman–Crippen LogP) is 2.44. The van der Waals surface area contributed by atoms with E-state index in [1.165, 1.54) is 24.9 Å². The molecule has 1 aliphatic rings. The molecule has 0 spiro atoms. The van der Waals surface area contributed by atoms with Crippen LogP contribution in [0, 0.1) is 0 Å². The largest absolute Gasteiger partial charge is 0.366 e. The van der Waals surface area contributed by atoms with Gasteiger partial charge in [-0.15, -0.1) is 0 Å². The molecule has 14 heavy (non-hydrogen) atoms. The van der Waals surface area contributed by atoms with Crippen molar-refractivity contribution in [2.45, 2.75) is 18.9 Å². The number of halogens is 1. The van der Waals surface area contributed by atoms with Gasteiger partial charge in [0, 0.05) is 17.9 Å². The van der Waals surface area contributed by atoms with E-state index in [4.69, 9.17) is 11.6 Å². The van der Waals surface area contributed by atoms with E-state index in [2.05, 4.69) is 15.3 Å². The number of hydrogen-bond donors (Lipinski definition) is 1. The number of nitrogens with zero attached hydrogens (tertiary/aromatic N) is 2. The van der Waals surface area contributed by atoms with Crippen molar-refractivity contribution in [2.24, 2.45) is 0 Å². The van der Waals surface area contributed by atoms with Crippen LogP contribution in [0.5, 0.6) is 0 Å². The number of anilines is 1. The van der Waals surface area contributed by atoms with Crippen LogP contribution in [0.4, 0.5) is 5.82 Å². The predicted molar refractivity (Wildman–Crippen MR) is 61.0 cm³/mol. The maximum absolute atomic E-state index is 5.77. The summed E-state index contributed by atoms with van der Waals surface area (Å²) in [7, 11) is 0. The Labute approximate surface area is 92.7 Å². The van der Waals surface area contributed by atoms with Crippen molar-refractivity contribution >= 4 is 29.2 Å². The molecular weight excluding hydrogens is 218 g/mol. The molecule has 0 amide bonds. The Hall–Kier alpha value is -0.480. The molecule has 0 aromatic carbocycles. The van der Waals surface area contributed by atoms with Gasteiger partial charge in [-0.25, -0.2) is 9.97 Å². The van der Waals surface area contributed by atoms with E-state index in [0.717, 1.165) is 11.6 Å². The van der Waals surface area contributed by atoms with Crippen molar-refractivity contribution in [3.63, 3.8) is 0 Å². The van der Waals surface area contributed by atoms with Crippen LogP contribution < -0.4 is 5.32 Å². The van der Waals surface area contributed by atoms with Gasteiger partial charge in [-0.05, 0) is 18.6 Å².